The van der Waals surface area contributed by atoms with E-state index in [9.17, 15) is 4.39 Å². The molecule has 14 heavy (non-hydrogen) atoms. The molecule has 0 heterocycles. The molecule has 0 fully saturated rings. The highest BCUT2D eigenvalue weighted by Crippen LogP contribution is 2.01. The Bertz CT molecular complexity index is 421. The number of allylic oxidation sites excluding steroid dienone is 2. The van der Waals surface area contributed by atoms with Gasteiger partial charge in [0.15, 0.2) is 0 Å². The molecular formula is C12H10FN. The van der Waals surface area contributed by atoms with Crippen LogP contribution in [0, 0.1) is 23.1 Å². The van der Waals surface area contributed by atoms with Gasteiger partial charge in [-0.1, -0.05) is 24.0 Å². The maximum Gasteiger partial charge on any atom is 0.124 e. The summed E-state index contributed by atoms with van der Waals surface area (Å²) in [5, 5.41) is 7.00. The highest BCUT2D eigenvalue weighted by atomic mass is 19.1. The lowest BCUT2D eigenvalue weighted by Gasteiger charge is -1.89. The normalized spacial score (nSPS) is 10.3. The molecule has 0 unspecified atom stereocenters. The van der Waals surface area contributed by atoms with E-state index in [2.05, 4.69) is 11.8 Å². The molecule has 0 spiro atoms. The van der Waals surface area contributed by atoms with E-state index in [1.807, 2.05) is 0 Å². The Labute approximate surface area is 82.8 Å². The summed E-state index contributed by atoms with van der Waals surface area (Å²) in [4.78, 5) is 0. The predicted molar refractivity (Wildman–Crippen MR) is 55.8 cm³/mol. The first-order chi connectivity index (χ1) is 6.76. The van der Waals surface area contributed by atoms with Gasteiger partial charge in [0.05, 0.1) is 0 Å². The number of halogens is 1. The van der Waals surface area contributed by atoms with Crippen molar-refractivity contribution in [2.75, 3.05) is 0 Å². The van der Waals surface area contributed by atoms with Gasteiger partial charge < -0.3 is 5.41 Å². The second kappa shape index (κ2) is 4.98. The predicted octanol–water partition coefficient (Wildman–Crippen LogP) is 2.77. The van der Waals surface area contributed by atoms with Gasteiger partial charge in [-0.05, 0) is 25.1 Å². The van der Waals surface area contributed by atoms with Gasteiger partial charge in [-0.3, -0.25) is 0 Å². The first-order valence-electron chi connectivity index (χ1n) is 4.20. The highest BCUT2D eigenvalue weighted by Gasteiger charge is 1.89. The molecule has 0 radical (unpaired) electrons. The molecule has 0 saturated heterocycles. The average Bonchev–Trinajstić information content (AvgIpc) is 2.19. The van der Waals surface area contributed by atoms with Crippen molar-refractivity contribution in [3.05, 3.63) is 47.3 Å². The summed E-state index contributed by atoms with van der Waals surface area (Å²) in [6, 6.07) is 6.08. The lowest BCUT2D eigenvalue weighted by atomic mass is 10.2. The summed E-state index contributed by atoms with van der Waals surface area (Å²) in [5.74, 6) is 5.24. The minimum Gasteiger partial charge on any atom is -0.307 e. The first kappa shape index (κ1) is 10.2. The van der Waals surface area contributed by atoms with Crippen LogP contribution in [0.25, 0.3) is 0 Å². The minimum atomic E-state index is -0.298. The Kier molecular flexibility index (Phi) is 3.63. The van der Waals surface area contributed by atoms with E-state index in [0.29, 0.717) is 11.1 Å². The van der Waals surface area contributed by atoms with Crippen LogP contribution in [0.4, 0.5) is 4.39 Å². The van der Waals surface area contributed by atoms with E-state index in [-0.39, 0.29) is 5.82 Å². The van der Waals surface area contributed by atoms with E-state index in [0.717, 1.165) is 0 Å². The van der Waals surface area contributed by atoms with Gasteiger partial charge in [0.25, 0.3) is 0 Å². The number of nitrogens with one attached hydrogen (secondary N) is 1. The van der Waals surface area contributed by atoms with Crippen molar-refractivity contribution in [3.8, 4) is 11.8 Å². The molecule has 1 aromatic rings. The second-order valence-electron chi connectivity index (χ2n) is 2.65. The Morgan fingerprint density at radius 2 is 2.29 bits per heavy atom. The molecule has 70 valence electrons. The molecule has 1 N–H and O–H groups in total. The minimum absolute atomic E-state index is 0.298. The molecule has 0 aliphatic rings. The van der Waals surface area contributed by atoms with Crippen molar-refractivity contribution >= 4 is 6.21 Å². The fourth-order valence-corrected chi connectivity index (χ4v) is 0.902. The van der Waals surface area contributed by atoms with Crippen LogP contribution in [-0.4, -0.2) is 6.21 Å². The third-order valence-corrected chi connectivity index (χ3v) is 1.64. The summed E-state index contributed by atoms with van der Waals surface area (Å²) in [6.07, 6.45) is 2.91. The van der Waals surface area contributed by atoms with Crippen molar-refractivity contribution in [3.63, 3.8) is 0 Å². The molecule has 0 saturated carbocycles. The maximum atomic E-state index is 12.7. The smallest absolute Gasteiger partial charge is 0.124 e. The highest BCUT2D eigenvalue weighted by molar-refractivity contribution is 5.82. The maximum absolute atomic E-state index is 12.7. The van der Waals surface area contributed by atoms with E-state index in [1.165, 1.54) is 18.3 Å². The molecule has 1 rings (SSSR count). The first-order valence-corrected chi connectivity index (χ1v) is 4.20. The standard InChI is InChI=1S/C12H10FN/c1-2-10(9-14)6-7-11-4-3-5-12(13)8-11/h2-5,8-9,14H,1H3/b10-2-,14-9?. The average molecular weight is 187 g/mol. The van der Waals surface area contributed by atoms with E-state index < -0.39 is 0 Å². The Morgan fingerprint density at radius 3 is 2.86 bits per heavy atom. The van der Waals surface area contributed by atoms with Gasteiger partial charge in [-0.25, -0.2) is 4.39 Å². The second-order valence-corrected chi connectivity index (χ2v) is 2.65. The van der Waals surface area contributed by atoms with Crippen LogP contribution in [0.2, 0.25) is 0 Å². The molecule has 1 nitrogen and oxygen atoms in total. The zero-order valence-corrected chi connectivity index (χ0v) is 7.84. The van der Waals surface area contributed by atoms with Gasteiger partial charge in [0.2, 0.25) is 0 Å². The molecule has 0 atom stereocenters. The lowest BCUT2D eigenvalue weighted by Crippen LogP contribution is -1.80. The molecule has 2 heteroatoms. The zero-order chi connectivity index (χ0) is 10.4. The van der Waals surface area contributed by atoms with Gasteiger partial charge in [0.1, 0.15) is 5.82 Å². The summed E-state index contributed by atoms with van der Waals surface area (Å²) in [7, 11) is 0. The van der Waals surface area contributed by atoms with Crippen LogP contribution in [0.1, 0.15) is 12.5 Å². The zero-order valence-electron chi connectivity index (χ0n) is 7.84. The van der Waals surface area contributed by atoms with Crippen LogP contribution < -0.4 is 0 Å². The number of benzene rings is 1. The third-order valence-electron chi connectivity index (χ3n) is 1.64. The topological polar surface area (TPSA) is 23.9 Å². The molecule has 0 bridgehead atoms. The molecule has 1 aromatic carbocycles. The molecule has 0 aliphatic heterocycles. The van der Waals surface area contributed by atoms with Crippen molar-refractivity contribution in [2.45, 2.75) is 6.92 Å². The molecular weight excluding hydrogens is 177 g/mol. The Hall–Kier alpha value is -1.88. The third kappa shape index (κ3) is 2.87. The summed E-state index contributed by atoms with van der Waals surface area (Å²) >= 11 is 0. The largest absolute Gasteiger partial charge is 0.307 e. The number of rotatable bonds is 1. The fourth-order valence-electron chi connectivity index (χ4n) is 0.902. The van der Waals surface area contributed by atoms with Crippen LogP contribution >= 0.6 is 0 Å². The number of hydrogen-bond acceptors (Lipinski definition) is 1. The monoisotopic (exact) mass is 187 g/mol. The quantitative estimate of drug-likeness (QED) is 0.516. The fraction of sp³-hybridized carbons (Fsp3) is 0.0833. The van der Waals surface area contributed by atoms with E-state index in [1.54, 1.807) is 25.1 Å². The van der Waals surface area contributed by atoms with Gasteiger partial charge in [0, 0.05) is 17.4 Å². The van der Waals surface area contributed by atoms with Gasteiger partial charge >= 0.3 is 0 Å². The summed E-state index contributed by atoms with van der Waals surface area (Å²) < 4.78 is 12.7. The Balaban J connectivity index is 2.93. The summed E-state index contributed by atoms with van der Waals surface area (Å²) in [6.45, 7) is 1.81. The Morgan fingerprint density at radius 1 is 1.50 bits per heavy atom. The van der Waals surface area contributed by atoms with Crippen LogP contribution in [0.3, 0.4) is 0 Å². The van der Waals surface area contributed by atoms with Crippen LogP contribution in [0.5, 0.6) is 0 Å². The van der Waals surface area contributed by atoms with Crippen molar-refractivity contribution in [1.82, 2.24) is 0 Å². The van der Waals surface area contributed by atoms with Crippen molar-refractivity contribution < 1.29 is 4.39 Å². The summed E-state index contributed by atoms with van der Waals surface area (Å²) in [5.41, 5.74) is 1.24. The molecule has 0 aliphatic carbocycles. The SMILES string of the molecule is C/C=C(/C#Cc1cccc(F)c1)C=N. The van der Waals surface area contributed by atoms with Gasteiger partial charge in [-0.15, -0.1) is 0 Å². The van der Waals surface area contributed by atoms with Crippen LogP contribution in [0.15, 0.2) is 35.9 Å². The van der Waals surface area contributed by atoms with E-state index in [4.69, 9.17) is 5.41 Å². The van der Waals surface area contributed by atoms with Crippen LogP contribution in [-0.2, 0) is 0 Å². The lowest BCUT2D eigenvalue weighted by molar-refractivity contribution is 0.627. The van der Waals surface area contributed by atoms with E-state index >= 15 is 0 Å². The number of hydrogen-bond donors (Lipinski definition) is 1. The molecule has 0 aromatic heterocycles. The van der Waals surface area contributed by atoms with Gasteiger partial charge in [-0.2, -0.15) is 0 Å². The van der Waals surface area contributed by atoms with Crippen molar-refractivity contribution in [1.29, 1.82) is 5.41 Å². The van der Waals surface area contributed by atoms with Crippen molar-refractivity contribution in [2.24, 2.45) is 0 Å². The molecule has 0 amide bonds.